The monoisotopic (exact) mass is 62.0 g/mol. The Morgan fingerprint density at radius 1 is 2.25 bits per heavy atom. The highest BCUT2D eigenvalue weighted by atomic mass is 16.2. The number of urea groups is 1. The molecule has 0 radical (unpaired) electrons. The van der Waals surface area contributed by atoms with Gasteiger partial charge in [0.25, 0.3) is 0 Å². The number of nitrogens with two attached hydrogens (primary N) is 2. The minimum Gasteiger partial charge on any atom is -0.352 e. The highest BCUT2D eigenvalue weighted by molar-refractivity contribution is 5.69. The molecule has 0 saturated carbocycles. The first-order valence-corrected chi connectivity index (χ1v) is 0.716. The van der Waals surface area contributed by atoms with Crippen molar-refractivity contribution in [2.75, 3.05) is 0 Å². The lowest BCUT2D eigenvalue weighted by molar-refractivity contribution is 0.256. The summed E-state index contributed by atoms with van der Waals surface area (Å²) in [4.78, 5) is 9.47. The van der Waals surface area contributed by atoms with Crippen molar-refractivity contribution in [3.05, 3.63) is 0 Å². The number of carbonyl (C=O) groups excluding carboxylic acids is 1. The predicted molar refractivity (Wildman–Crippen MR) is 13.8 cm³/mol. The first kappa shape index (κ1) is 0.924. The lowest BCUT2D eigenvalue weighted by Gasteiger charge is -1.62. The highest BCUT2D eigenvalue weighted by Crippen LogP contribution is 1.25. The molecular weight excluding hydrogens is 56.0 g/mol. The van der Waals surface area contributed by atoms with E-state index in [1.807, 2.05) is 0 Å². The topological polar surface area (TPSA) is 69.1 Å². The van der Waals surface area contributed by atoms with Crippen LogP contribution in [-0.4, -0.2) is 6.03 Å². The largest absolute Gasteiger partial charge is 0.352 e. The van der Waals surface area contributed by atoms with E-state index in [0.717, 1.165) is 0 Å². The van der Waals surface area contributed by atoms with Crippen molar-refractivity contribution in [1.82, 2.24) is 0 Å². The predicted octanol–water partition coefficient (Wildman–Crippen LogP) is -0.976. The van der Waals surface area contributed by atoms with Crippen LogP contribution < -0.4 is 11.5 Å². The van der Waals surface area contributed by atoms with Gasteiger partial charge in [0.05, 0.1) is 0 Å². The molecule has 4 N–H and O–H groups in total. The summed E-state index contributed by atoms with van der Waals surface area (Å²) in [6, 6.07) is -1.07. The van der Waals surface area contributed by atoms with Gasteiger partial charge in [-0.25, -0.2) is 4.79 Å². The van der Waals surface area contributed by atoms with Crippen molar-refractivity contribution in [3.63, 3.8) is 0 Å². The molecule has 0 unspecified atom stereocenters. The molecule has 4 heavy (non-hydrogen) atoms. The molecule has 24 valence electrons. The van der Waals surface area contributed by atoms with Crippen molar-refractivity contribution in [1.29, 1.82) is 0 Å². The van der Waals surface area contributed by atoms with Gasteiger partial charge < -0.3 is 11.5 Å². The van der Waals surface area contributed by atoms with E-state index >= 15 is 0 Å². The molecule has 3 nitrogen and oxygen atoms in total. The fraction of sp³-hybridized carbons (Fsp3) is 0. The second-order valence-corrected chi connectivity index (χ2v) is 0.338. The Bertz CT molecular complexity index is 62.6. The van der Waals surface area contributed by atoms with E-state index in [0.29, 0.717) is 0 Å². The first-order valence-electron chi connectivity index (χ1n) is 1.61. The van der Waals surface area contributed by atoms with Crippen LogP contribution in [0.1, 0.15) is 0 Å². The Kier molecular flexibility index (Phi) is 0.164. The van der Waals surface area contributed by atoms with E-state index < -0.39 is 6.03 Å². The highest BCUT2D eigenvalue weighted by Gasteiger charge is 1.60. The van der Waals surface area contributed by atoms with Crippen molar-refractivity contribution < 1.29 is 7.62 Å². The van der Waals surface area contributed by atoms with Crippen molar-refractivity contribution in [2.24, 2.45) is 11.5 Å². The van der Waals surface area contributed by atoms with E-state index in [2.05, 4.69) is 5.73 Å². The van der Waals surface area contributed by atoms with Crippen LogP contribution in [0.3, 0.4) is 0 Å². The zero-order valence-corrected chi connectivity index (χ0v) is 1.93. The maximum atomic E-state index is 9.47. The Hall–Kier alpha value is -0.730. The van der Waals surface area contributed by atoms with Crippen molar-refractivity contribution >= 4 is 6.03 Å². The molecule has 0 rings (SSSR count). The molecule has 0 bridgehead atoms. The summed E-state index contributed by atoms with van der Waals surface area (Å²) in [5, 5.41) is 0. The van der Waals surface area contributed by atoms with Gasteiger partial charge in [-0.15, -0.1) is 0 Å². The van der Waals surface area contributed by atoms with Crippen LogP contribution in [0.4, 0.5) is 4.79 Å². The maximum Gasteiger partial charge on any atom is 0.309 e. The van der Waals surface area contributed by atoms with E-state index in [9.17, 15) is 4.79 Å². The SMILES string of the molecule is [2H]N([2H])C(N)=O. The van der Waals surface area contributed by atoms with Crippen LogP contribution in [0.2, 0.25) is 2.82 Å². The zero-order chi connectivity index (χ0) is 5.15. The molecule has 0 aliphatic heterocycles. The Labute approximate surface area is 26.5 Å². The van der Waals surface area contributed by atoms with Crippen LogP contribution in [0, 0.1) is 0 Å². The number of amides is 2. The Balaban J connectivity index is 3.26. The molecule has 0 spiro atoms. The van der Waals surface area contributed by atoms with Gasteiger partial charge in [0.15, 0.2) is 2.82 Å². The molecule has 0 aromatic carbocycles. The third kappa shape index (κ3) is 0.174. The van der Waals surface area contributed by atoms with Gasteiger partial charge in [0.2, 0.25) is 0 Å². The van der Waals surface area contributed by atoms with Gasteiger partial charge >= 0.3 is 6.03 Å². The summed E-state index contributed by atoms with van der Waals surface area (Å²) in [5.41, 5.74) is 4.15. The number of carbonyl (C=O) groups is 1. The molecule has 3 heteroatoms. The summed E-state index contributed by atoms with van der Waals surface area (Å²) < 4.78 is 12.1. The molecular formula is CH4N2O. The standard InChI is InChI=1S/CH4N2O/c2-1(3)4/h(H4,2,3,4)/i/hD2. The number of hydrogen-bond acceptors (Lipinski definition) is 1. The molecule has 0 saturated heterocycles. The lowest BCUT2D eigenvalue weighted by atomic mass is 11.2. The van der Waals surface area contributed by atoms with Crippen LogP contribution in [0.15, 0.2) is 0 Å². The van der Waals surface area contributed by atoms with Crippen molar-refractivity contribution in [3.8, 4) is 0 Å². The minimum atomic E-state index is -1.07. The smallest absolute Gasteiger partial charge is 0.309 e. The summed E-state index contributed by atoms with van der Waals surface area (Å²) in [7, 11) is 0. The van der Waals surface area contributed by atoms with Gasteiger partial charge in [-0.3, -0.25) is 0 Å². The fourth-order valence-corrected chi connectivity index (χ4v) is 0. The van der Waals surface area contributed by atoms with Gasteiger partial charge in [0, 0.05) is 0 Å². The third-order valence-corrected chi connectivity index (χ3v) is 0. The molecule has 0 aliphatic carbocycles. The zero-order valence-electron chi connectivity index (χ0n) is 3.93. The van der Waals surface area contributed by atoms with E-state index in [-0.39, 0.29) is 5.72 Å². The minimum absolute atomic E-state index is 0.194. The molecule has 0 heterocycles. The average molecular weight is 62.1 g/mol. The quantitative estimate of drug-likeness (QED) is 0.372. The summed E-state index contributed by atoms with van der Waals surface area (Å²) in [6.07, 6.45) is 0. The second-order valence-electron chi connectivity index (χ2n) is 0.338. The van der Waals surface area contributed by atoms with E-state index in [1.165, 1.54) is 0 Å². The maximum absolute atomic E-state index is 9.47. The number of hydrogen-bond donors (Lipinski definition) is 2. The van der Waals surface area contributed by atoms with Crippen LogP contribution in [0.5, 0.6) is 0 Å². The number of primary amides is 2. The molecule has 0 fully saturated rings. The molecule has 2 amide bonds. The van der Waals surface area contributed by atoms with Crippen LogP contribution in [-0.2, 0) is 0 Å². The summed E-state index contributed by atoms with van der Waals surface area (Å²) >= 11 is 0. The molecule has 0 aromatic heterocycles. The summed E-state index contributed by atoms with van der Waals surface area (Å²) in [6.45, 7) is 0. The van der Waals surface area contributed by atoms with Crippen LogP contribution >= 0.6 is 0 Å². The van der Waals surface area contributed by atoms with E-state index in [1.54, 1.807) is 0 Å². The number of rotatable bonds is 0. The Morgan fingerprint density at radius 2 is 2.50 bits per heavy atom. The average Bonchev–Trinajstić information content (AvgIpc) is 1.36. The van der Waals surface area contributed by atoms with E-state index in [4.69, 9.17) is 2.82 Å². The van der Waals surface area contributed by atoms with Crippen molar-refractivity contribution in [2.45, 2.75) is 0 Å². The van der Waals surface area contributed by atoms with Gasteiger partial charge in [-0.2, -0.15) is 0 Å². The second kappa shape index (κ2) is 0.711. The first-order chi connectivity index (χ1) is 2.64. The molecule has 0 aromatic rings. The third-order valence-electron chi connectivity index (χ3n) is 0. The molecule has 0 aliphatic rings. The van der Waals surface area contributed by atoms with Crippen LogP contribution in [0.25, 0.3) is 0 Å². The Morgan fingerprint density at radius 3 is 2.50 bits per heavy atom. The molecule has 0 atom stereocenters. The lowest BCUT2D eigenvalue weighted by Crippen LogP contribution is -2.18. The van der Waals surface area contributed by atoms with Gasteiger partial charge in [-0.05, 0) is 0 Å². The fourth-order valence-electron chi connectivity index (χ4n) is 0. The van der Waals surface area contributed by atoms with Gasteiger partial charge in [0.1, 0.15) is 0 Å². The summed E-state index contributed by atoms with van der Waals surface area (Å²) in [5.74, 6) is 0. The normalized spacial score (nSPS) is 12.0. The van der Waals surface area contributed by atoms with Gasteiger partial charge in [-0.1, -0.05) is 0 Å².